The Morgan fingerprint density at radius 1 is 1.00 bits per heavy atom. The molecule has 0 saturated heterocycles. The molecule has 6 rings (SSSR count). The third-order valence-corrected chi connectivity index (χ3v) is 8.25. The number of fused-ring (bicyclic) bond motifs is 2. The summed E-state index contributed by atoms with van der Waals surface area (Å²) in [5, 5.41) is 5.25. The molecular formula is C32H30N4O3S. The van der Waals surface area contributed by atoms with Crippen LogP contribution in [0.25, 0.3) is 10.2 Å². The van der Waals surface area contributed by atoms with Crippen LogP contribution in [-0.2, 0) is 26.6 Å². The number of aromatic nitrogens is 1. The highest BCUT2D eigenvalue weighted by Crippen LogP contribution is 2.36. The molecule has 5 aromatic rings. The molecule has 3 heterocycles. The van der Waals surface area contributed by atoms with Gasteiger partial charge in [-0.2, -0.15) is 0 Å². The van der Waals surface area contributed by atoms with Gasteiger partial charge in [0.2, 0.25) is 5.91 Å². The van der Waals surface area contributed by atoms with Crippen molar-refractivity contribution in [3.63, 3.8) is 0 Å². The number of hydrogen-bond donors (Lipinski definition) is 2. The summed E-state index contributed by atoms with van der Waals surface area (Å²) in [5.41, 5.74) is 12.8. The zero-order valence-corrected chi connectivity index (χ0v) is 23.0. The number of carbonyl (C=O) groups is 2. The fraction of sp³-hybridized carbons (Fsp3) is 0.188. The van der Waals surface area contributed by atoms with E-state index in [0.29, 0.717) is 17.9 Å². The number of anilines is 2. The number of benzene rings is 3. The molecule has 2 aromatic heterocycles. The van der Waals surface area contributed by atoms with E-state index in [1.54, 1.807) is 23.5 Å². The van der Waals surface area contributed by atoms with Crippen molar-refractivity contribution >= 4 is 44.7 Å². The van der Waals surface area contributed by atoms with Crippen LogP contribution in [-0.4, -0.2) is 22.9 Å². The first-order chi connectivity index (χ1) is 19.5. The minimum atomic E-state index is -0.440. The van der Waals surface area contributed by atoms with Gasteiger partial charge in [0.1, 0.15) is 18.1 Å². The number of aryl methyl sites for hydroxylation is 2. The molecule has 1 aliphatic rings. The second kappa shape index (κ2) is 10.9. The van der Waals surface area contributed by atoms with Crippen molar-refractivity contribution in [2.45, 2.75) is 26.0 Å². The average molecular weight is 551 g/mol. The van der Waals surface area contributed by atoms with E-state index in [9.17, 15) is 9.59 Å². The highest BCUT2D eigenvalue weighted by atomic mass is 32.1. The molecule has 202 valence electrons. The van der Waals surface area contributed by atoms with Gasteiger partial charge in [-0.05, 0) is 77.4 Å². The van der Waals surface area contributed by atoms with Crippen LogP contribution in [0.1, 0.15) is 44.0 Å². The fourth-order valence-corrected chi connectivity index (χ4v) is 6.14. The first-order valence-electron chi connectivity index (χ1n) is 13.3. The van der Waals surface area contributed by atoms with E-state index < -0.39 is 5.91 Å². The maximum Gasteiger partial charge on any atom is 0.272 e. The summed E-state index contributed by atoms with van der Waals surface area (Å²) in [5.74, 6) is 0.234. The summed E-state index contributed by atoms with van der Waals surface area (Å²) >= 11 is 1.64. The second-order valence-electron chi connectivity index (χ2n) is 10.0. The third kappa shape index (κ3) is 5.18. The van der Waals surface area contributed by atoms with E-state index in [0.717, 1.165) is 64.4 Å². The molecule has 3 N–H and O–H groups in total. The van der Waals surface area contributed by atoms with E-state index in [-0.39, 0.29) is 5.91 Å². The fourth-order valence-electron chi connectivity index (χ4n) is 5.30. The van der Waals surface area contributed by atoms with Crippen LogP contribution >= 0.6 is 11.3 Å². The monoisotopic (exact) mass is 550 g/mol. The number of hydrogen-bond acceptors (Lipinski definition) is 5. The topological polar surface area (TPSA) is 89.6 Å². The first-order valence-corrected chi connectivity index (χ1v) is 14.2. The number of thiophene rings is 1. The van der Waals surface area contributed by atoms with Crippen molar-refractivity contribution in [2.24, 2.45) is 12.8 Å². The van der Waals surface area contributed by atoms with E-state index in [1.165, 1.54) is 5.56 Å². The summed E-state index contributed by atoms with van der Waals surface area (Å²) in [7, 11) is 1.93. The number of ether oxygens (including phenoxy) is 1. The van der Waals surface area contributed by atoms with Gasteiger partial charge in [0, 0.05) is 25.7 Å². The lowest BCUT2D eigenvalue weighted by molar-refractivity contribution is 0.0996. The second-order valence-corrected chi connectivity index (χ2v) is 11.0. The molecule has 1 aliphatic heterocycles. The molecule has 0 aliphatic carbocycles. The minimum Gasteiger partial charge on any atom is -0.489 e. The molecule has 0 fully saturated rings. The van der Waals surface area contributed by atoms with Crippen LogP contribution < -0.4 is 20.7 Å². The Balaban J connectivity index is 1.15. The highest BCUT2D eigenvalue weighted by Gasteiger charge is 2.23. The summed E-state index contributed by atoms with van der Waals surface area (Å²) in [4.78, 5) is 26.9. The summed E-state index contributed by atoms with van der Waals surface area (Å²) in [6.07, 6.45) is 2.05. The third-order valence-electron chi connectivity index (χ3n) is 7.40. The van der Waals surface area contributed by atoms with Crippen LogP contribution in [0.2, 0.25) is 0 Å². The molecule has 0 unspecified atom stereocenters. The largest absolute Gasteiger partial charge is 0.489 e. The van der Waals surface area contributed by atoms with E-state index >= 15 is 0 Å². The van der Waals surface area contributed by atoms with E-state index in [1.807, 2.05) is 65.5 Å². The number of para-hydroxylation sites is 1. The van der Waals surface area contributed by atoms with Crippen LogP contribution in [0.5, 0.6) is 5.75 Å². The predicted molar refractivity (Wildman–Crippen MR) is 160 cm³/mol. The first kappa shape index (κ1) is 25.7. The van der Waals surface area contributed by atoms with Gasteiger partial charge in [-0.15, -0.1) is 11.3 Å². The number of nitrogens with zero attached hydrogens (tertiary/aromatic N) is 2. The quantitative estimate of drug-likeness (QED) is 0.244. The molecule has 3 aromatic carbocycles. The molecular weight excluding hydrogens is 520 g/mol. The summed E-state index contributed by atoms with van der Waals surface area (Å²) < 4.78 is 9.01. The van der Waals surface area contributed by atoms with Crippen molar-refractivity contribution in [1.82, 2.24) is 4.57 Å². The van der Waals surface area contributed by atoms with Crippen LogP contribution in [0.15, 0.2) is 84.2 Å². The molecule has 0 bridgehead atoms. The van der Waals surface area contributed by atoms with E-state index in [2.05, 4.69) is 28.4 Å². The zero-order valence-electron chi connectivity index (χ0n) is 22.2. The van der Waals surface area contributed by atoms with Gasteiger partial charge in [0.05, 0.1) is 21.6 Å². The lowest BCUT2D eigenvalue weighted by Crippen LogP contribution is -2.30. The minimum absolute atomic E-state index is 0.101. The Labute approximate surface area is 236 Å². The highest BCUT2D eigenvalue weighted by molar-refractivity contribution is 7.17. The summed E-state index contributed by atoms with van der Waals surface area (Å²) in [6.45, 7) is 2.05. The number of carbonyl (C=O) groups excluding carboxylic acids is 2. The van der Waals surface area contributed by atoms with Crippen LogP contribution in [0.3, 0.4) is 0 Å². The Morgan fingerprint density at radius 3 is 2.52 bits per heavy atom. The molecule has 8 heteroatoms. The average Bonchev–Trinajstić information content (AvgIpc) is 3.56. The van der Waals surface area contributed by atoms with Crippen LogP contribution in [0, 0.1) is 0 Å². The molecule has 40 heavy (non-hydrogen) atoms. The normalized spacial score (nSPS) is 12.8. The smallest absolute Gasteiger partial charge is 0.272 e. The Morgan fingerprint density at radius 2 is 1.77 bits per heavy atom. The number of nitrogens with two attached hydrogens (primary N) is 1. The van der Waals surface area contributed by atoms with Crippen molar-refractivity contribution in [3.05, 3.63) is 112 Å². The van der Waals surface area contributed by atoms with Gasteiger partial charge in [-0.3, -0.25) is 9.59 Å². The Kier molecular flexibility index (Phi) is 7.00. The molecule has 2 amide bonds. The van der Waals surface area contributed by atoms with Crippen molar-refractivity contribution in [3.8, 4) is 5.75 Å². The predicted octanol–water partition coefficient (Wildman–Crippen LogP) is 6.12. The van der Waals surface area contributed by atoms with Gasteiger partial charge in [-0.1, -0.05) is 36.4 Å². The maximum absolute atomic E-state index is 13.3. The number of nitrogens with one attached hydrogen (secondary N) is 1. The number of primary amides is 1. The SMILES string of the molecule is Cn1c(C(=O)Nc2cccc3c2N(Cc2ccc(OCc4ccc(C(N)=O)cc4)cc2)CCC3)cc2sccc21. The lowest BCUT2D eigenvalue weighted by atomic mass is 9.99. The molecule has 0 atom stereocenters. The van der Waals surface area contributed by atoms with Gasteiger partial charge >= 0.3 is 0 Å². The van der Waals surface area contributed by atoms with Gasteiger partial charge in [-0.25, -0.2) is 0 Å². The lowest BCUT2D eigenvalue weighted by Gasteiger charge is -2.33. The molecule has 0 saturated carbocycles. The Hall–Kier alpha value is -4.56. The van der Waals surface area contributed by atoms with Crippen molar-refractivity contribution < 1.29 is 14.3 Å². The molecule has 7 nitrogen and oxygen atoms in total. The van der Waals surface area contributed by atoms with Gasteiger partial charge < -0.3 is 25.3 Å². The van der Waals surface area contributed by atoms with Gasteiger partial charge in [0.25, 0.3) is 5.91 Å². The Bertz CT molecular complexity index is 1690. The standard InChI is InChI=1S/C32H30N4O3S/c1-35-27-15-17-40-29(27)18-28(35)32(38)34-26-6-2-4-23-5-3-16-36(30(23)26)19-21-9-13-25(14-10-21)39-20-22-7-11-24(12-8-22)31(33)37/h2,4,6-15,17-18H,3,5,16,19-20H2,1H3,(H2,33,37)(H,34,38). The number of rotatable bonds is 8. The molecule has 0 spiro atoms. The van der Waals surface area contributed by atoms with Crippen molar-refractivity contribution in [2.75, 3.05) is 16.8 Å². The zero-order chi connectivity index (χ0) is 27.6. The number of amides is 2. The van der Waals surface area contributed by atoms with E-state index in [4.69, 9.17) is 10.5 Å². The maximum atomic E-state index is 13.3. The summed E-state index contributed by atoms with van der Waals surface area (Å²) in [6, 6.07) is 25.4. The molecule has 0 radical (unpaired) electrons. The van der Waals surface area contributed by atoms with Crippen molar-refractivity contribution in [1.29, 1.82) is 0 Å². The van der Waals surface area contributed by atoms with Crippen LogP contribution in [0.4, 0.5) is 11.4 Å². The van der Waals surface area contributed by atoms with Gasteiger partial charge in [0.15, 0.2) is 0 Å².